The highest BCUT2D eigenvalue weighted by Gasteiger charge is 2.48. The van der Waals surface area contributed by atoms with Crippen LogP contribution in [0.25, 0.3) is 5.76 Å². The molecule has 1 amide bonds. The molecule has 1 saturated heterocycles. The predicted molar refractivity (Wildman–Crippen MR) is 124 cm³/mol. The second-order valence-electron chi connectivity index (χ2n) is 7.46. The van der Waals surface area contributed by atoms with Crippen LogP contribution >= 0.6 is 0 Å². The molecule has 1 heterocycles. The maximum Gasteiger partial charge on any atom is 0.300 e. The van der Waals surface area contributed by atoms with Crippen molar-refractivity contribution >= 4 is 23.1 Å². The van der Waals surface area contributed by atoms with E-state index in [0.29, 0.717) is 17.1 Å². The molecule has 1 aliphatic heterocycles. The Morgan fingerprint density at radius 3 is 2.29 bits per heavy atom. The number of ketones is 1. The van der Waals surface area contributed by atoms with E-state index in [4.69, 9.17) is 14.2 Å². The van der Waals surface area contributed by atoms with E-state index >= 15 is 0 Å². The molecule has 3 aromatic carbocycles. The van der Waals surface area contributed by atoms with Crippen LogP contribution in [0.2, 0.25) is 0 Å². The number of benzene rings is 3. The number of carbonyl (C=O) groups is 2. The number of methoxy groups -OCH3 is 3. The van der Waals surface area contributed by atoms with Crippen LogP contribution in [0.3, 0.4) is 0 Å². The van der Waals surface area contributed by atoms with Crippen molar-refractivity contribution in [2.75, 3.05) is 26.2 Å². The van der Waals surface area contributed by atoms with Crippen molar-refractivity contribution in [1.82, 2.24) is 0 Å². The van der Waals surface area contributed by atoms with Gasteiger partial charge in [-0.3, -0.25) is 14.5 Å². The van der Waals surface area contributed by atoms with Crippen molar-refractivity contribution in [3.05, 3.63) is 89.2 Å². The van der Waals surface area contributed by atoms with Crippen molar-refractivity contribution in [1.29, 1.82) is 0 Å². The fourth-order valence-corrected chi connectivity index (χ4v) is 4.05. The van der Waals surface area contributed by atoms with E-state index < -0.39 is 29.3 Å². The fourth-order valence-electron chi connectivity index (χ4n) is 4.05. The second kappa shape index (κ2) is 9.27. The molecule has 7 nitrogen and oxygen atoms in total. The third-order valence-corrected chi connectivity index (χ3v) is 5.63. The van der Waals surface area contributed by atoms with Crippen LogP contribution in [0.4, 0.5) is 10.1 Å². The Labute approximate surface area is 195 Å². The standard InChI is InChI=1S/C26H22FNO6/c1-32-17-11-12-19(21(14-17)34-3)24(29)22-23(18-9-4-5-10-20(18)33-2)28(26(31)25(22)30)16-8-6-7-15(27)13-16/h4-14,23,29H,1-3H3/b24-22+. The lowest BCUT2D eigenvalue weighted by molar-refractivity contribution is -0.132. The Morgan fingerprint density at radius 1 is 0.882 bits per heavy atom. The van der Waals surface area contributed by atoms with Crippen molar-refractivity contribution in [2.45, 2.75) is 6.04 Å². The normalized spacial score (nSPS) is 17.1. The molecule has 3 aromatic rings. The lowest BCUT2D eigenvalue weighted by Gasteiger charge is -2.26. The summed E-state index contributed by atoms with van der Waals surface area (Å²) in [7, 11) is 4.36. The number of halogens is 1. The monoisotopic (exact) mass is 463 g/mol. The van der Waals surface area contributed by atoms with E-state index in [-0.39, 0.29) is 22.6 Å². The van der Waals surface area contributed by atoms with Crippen LogP contribution in [0.15, 0.2) is 72.3 Å². The van der Waals surface area contributed by atoms with Gasteiger partial charge in [-0.2, -0.15) is 0 Å². The van der Waals surface area contributed by atoms with Gasteiger partial charge in [-0.05, 0) is 36.4 Å². The molecule has 0 aliphatic carbocycles. The number of hydrogen-bond acceptors (Lipinski definition) is 6. The van der Waals surface area contributed by atoms with Gasteiger partial charge < -0.3 is 19.3 Å². The molecular weight excluding hydrogens is 441 g/mol. The Morgan fingerprint density at radius 2 is 1.62 bits per heavy atom. The number of aliphatic hydroxyl groups is 1. The molecule has 0 aromatic heterocycles. The first-order valence-corrected chi connectivity index (χ1v) is 10.3. The van der Waals surface area contributed by atoms with Crippen molar-refractivity contribution < 1.29 is 33.3 Å². The van der Waals surface area contributed by atoms with E-state index in [0.717, 1.165) is 11.0 Å². The van der Waals surface area contributed by atoms with Gasteiger partial charge in [0.25, 0.3) is 11.7 Å². The molecule has 0 radical (unpaired) electrons. The zero-order chi connectivity index (χ0) is 24.4. The van der Waals surface area contributed by atoms with E-state index in [1.54, 1.807) is 36.4 Å². The molecular formula is C26H22FNO6. The number of anilines is 1. The molecule has 4 rings (SSSR count). The molecule has 0 spiro atoms. The number of amides is 1. The number of nitrogens with zero attached hydrogens (tertiary/aromatic N) is 1. The van der Waals surface area contributed by atoms with Gasteiger partial charge in [-0.15, -0.1) is 0 Å². The van der Waals surface area contributed by atoms with Gasteiger partial charge in [-0.25, -0.2) is 4.39 Å². The van der Waals surface area contributed by atoms with Crippen LogP contribution in [-0.4, -0.2) is 38.1 Å². The minimum absolute atomic E-state index is 0.166. The van der Waals surface area contributed by atoms with Gasteiger partial charge in [0, 0.05) is 17.3 Å². The van der Waals surface area contributed by atoms with Crippen LogP contribution in [0.1, 0.15) is 17.2 Å². The lowest BCUT2D eigenvalue weighted by Crippen LogP contribution is -2.29. The van der Waals surface area contributed by atoms with Gasteiger partial charge in [0.2, 0.25) is 0 Å². The van der Waals surface area contributed by atoms with E-state index in [9.17, 15) is 19.1 Å². The topological polar surface area (TPSA) is 85.3 Å². The summed E-state index contributed by atoms with van der Waals surface area (Å²) in [6, 6.07) is 15.8. The highest BCUT2D eigenvalue weighted by atomic mass is 19.1. The molecule has 1 aliphatic rings. The number of hydrogen-bond donors (Lipinski definition) is 1. The van der Waals surface area contributed by atoms with Crippen LogP contribution < -0.4 is 19.1 Å². The third-order valence-electron chi connectivity index (χ3n) is 5.63. The van der Waals surface area contributed by atoms with Crippen LogP contribution in [0, 0.1) is 5.82 Å². The summed E-state index contributed by atoms with van der Waals surface area (Å²) in [6.45, 7) is 0. The Kier molecular flexibility index (Phi) is 6.23. The second-order valence-corrected chi connectivity index (χ2v) is 7.46. The molecule has 8 heteroatoms. The molecule has 1 fully saturated rings. The number of ether oxygens (including phenoxy) is 3. The smallest absolute Gasteiger partial charge is 0.300 e. The maximum atomic E-state index is 14.1. The Hall–Kier alpha value is -4.33. The van der Waals surface area contributed by atoms with Crippen molar-refractivity contribution in [3.63, 3.8) is 0 Å². The number of aliphatic hydroxyl groups excluding tert-OH is 1. The third kappa shape index (κ3) is 3.83. The first-order valence-electron chi connectivity index (χ1n) is 10.3. The Bertz CT molecular complexity index is 1300. The van der Waals surface area contributed by atoms with Crippen molar-refractivity contribution in [3.8, 4) is 17.2 Å². The SMILES string of the molecule is COc1ccc(/C(O)=C2\C(=O)C(=O)N(c3cccc(F)c3)C2c2ccccc2OC)c(OC)c1. The maximum absolute atomic E-state index is 14.1. The van der Waals surface area contributed by atoms with Gasteiger partial charge in [0.15, 0.2) is 0 Å². The Balaban J connectivity index is 2.01. The molecule has 34 heavy (non-hydrogen) atoms. The van der Waals surface area contributed by atoms with Gasteiger partial charge >= 0.3 is 0 Å². The number of carbonyl (C=O) groups excluding carboxylic acids is 2. The molecule has 1 atom stereocenters. The summed E-state index contributed by atoms with van der Waals surface area (Å²) in [4.78, 5) is 27.7. The summed E-state index contributed by atoms with van der Waals surface area (Å²) < 4.78 is 30.1. The summed E-state index contributed by atoms with van der Waals surface area (Å²) >= 11 is 0. The van der Waals surface area contributed by atoms with Crippen molar-refractivity contribution in [2.24, 2.45) is 0 Å². The largest absolute Gasteiger partial charge is 0.507 e. The number of para-hydroxylation sites is 1. The average molecular weight is 463 g/mol. The number of rotatable bonds is 6. The van der Waals surface area contributed by atoms with Crippen LogP contribution in [-0.2, 0) is 9.59 Å². The summed E-state index contributed by atoms with van der Waals surface area (Å²) in [6.07, 6.45) is 0. The molecule has 0 bridgehead atoms. The van der Waals surface area contributed by atoms with Gasteiger partial charge in [0.1, 0.15) is 28.8 Å². The van der Waals surface area contributed by atoms with E-state index in [1.165, 1.54) is 45.6 Å². The average Bonchev–Trinajstić information content (AvgIpc) is 3.13. The minimum Gasteiger partial charge on any atom is -0.507 e. The molecule has 1 unspecified atom stereocenters. The van der Waals surface area contributed by atoms with E-state index in [1.807, 2.05) is 0 Å². The summed E-state index contributed by atoms with van der Waals surface area (Å²) in [5.74, 6) is -1.72. The van der Waals surface area contributed by atoms with Gasteiger partial charge in [-0.1, -0.05) is 24.3 Å². The highest BCUT2D eigenvalue weighted by molar-refractivity contribution is 6.51. The predicted octanol–water partition coefficient (Wildman–Crippen LogP) is 4.48. The summed E-state index contributed by atoms with van der Waals surface area (Å²) in [5, 5.41) is 11.3. The first kappa shape index (κ1) is 22.8. The molecule has 174 valence electrons. The zero-order valence-electron chi connectivity index (χ0n) is 18.7. The summed E-state index contributed by atoms with van der Waals surface area (Å²) in [5.41, 5.74) is 0.629. The zero-order valence-corrected chi connectivity index (χ0v) is 18.7. The van der Waals surface area contributed by atoms with Crippen LogP contribution in [0.5, 0.6) is 17.2 Å². The van der Waals surface area contributed by atoms with E-state index in [2.05, 4.69) is 0 Å². The molecule has 1 N–H and O–H groups in total. The molecule has 0 saturated carbocycles. The lowest BCUT2D eigenvalue weighted by atomic mass is 9.94. The van der Waals surface area contributed by atoms with Gasteiger partial charge in [0.05, 0.1) is 38.5 Å². The highest BCUT2D eigenvalue weighted by Crippen LogP contribution is 2.46. The fraction of sp³-hybridized carbons (Fsp3) is 0.154. The minimum atomic E-state index is -1.08. The first-order chi connectivity index (χ1) is 16.4. The quantitative estimate of drug-likeness (QED) is 0.330. The number of Topliss-reactive ketones (excluding diaryl/α,β-unsaturated/α-hetero) is 1.